The van der Waals surface area contributed by atoms with Crippen LogP contribution >= 0.6 is 0 Å². The molecule has 84 valence electrons. The number of imidazole rings is 1. The molecule has 1 aromatic carbocycles. The number of amides is 1. The van der Waals surface area contributed by atoms with Gasteiger partial charge < -0.3 is 16.0 Å². The summed E-state index contributed by atoms with van der Waals surface area (Å²) in [5.74, 6) is 0.507. The molecule has 5 nitrogen and oxygen atoms in total. The molecule has 1 amide bonds. The van der Waals surface area contributed by atoms with Crippen molar-refractivity contribution in [3.63, 3.8) is 0 Å². The lowest BCUT2D eigenvalue weighted by atomic mass is 10.1. The molecule has 0 saturated carbocycles. The Balaban J connectivity index is 2.13. The Morgan fingerprint density at radius 2 is 2.24 bits per heavy atom. The third-order valence-corrected chi connectivity index (χ3v) is 2.63. The largest absolute Gasteiger partial charge is 0.399 e. The maximum atomic E-state index is 11.8. The van der Waals surface area contributed by atoms with Crippen molar-refractivity contribution in [3.8, 4) is 0 Å². The van der Waals surface area contributed by atoms with E-state index >= 15 is 0 Å². The van der Waals surface area contributed by atoms with Gasteiger partial charge in [0.15, 0.2) is 0 Å². The Morgan fingerprint density at radius 1 is 1.35 bits per heavy atom. The number of nitrogens with zero attached hydrogens (tertiary/aromatic N) is 1. The van der Waals surface area contributed by atoms with E-state index in [1.54, 1.807) is 36.7 Å². The number of hydrogen-bond donors (Lipinski definition) is 3. The van der Waals surface area contributed by atoms with Crippen molar-refractivity contribution in [2.75, 3.05) is 11.1 Å². The van der Waals surface area contributed by atoms with Gasteiger partial charge in [0.05, 0.1) is 5.57 Å². The molecule has 0 radical (unpaired) electrons. The van der Waals surface area contributed by atoms with E-state index in [1.807, 2.05) is 0 Å². The average Bonchev–Trinajstić information content (AvgIpc) is 2.90. The highest BCUT2D eigenvalue weighted by Crippen LogP contribution is 2.33. The van der Waals surface area contributed by atoms with E-state index in [9.17, 15) is 4.79 Å². The van der Waals surface area contributed by atoms with Crippen LogP contribution in [0.2, 0.25) is 0 Å². The number of benzene rings is 1. The first kappa shape index (κ1) is 9.65. The van der Waals surface area contributed by atoms with Gasteiger partial charge in [-0.1, -0.05) is 0 Å². The summed E-state index contributed by atoms with van der Waals surface area (Å²) in [4.78, 5) is 18.8. The smallest absolute Gasteiger partial charge is 0.256 e. The molecule has 0 bridgehead atoms. The summed E-state index contributed by atoms with van der Waals surface area (Å²) in [6.07, 6.45) is 5.06. The topological polar surface area (TPSA) is 83.8 Å². The van der Waals surface area contributed by atoms with E-state index in [0.717, 1.165) is 11.3 Å². The van der Waals surface area contributed by atoms with Gasteiger partial charge in [-0.25, -0.2) is 4.98 Å². The van der Waals surface area contributed by atoms with Crippen molar-refractivity contribution >= 4 is 28.9 Å². The number of H-pyrrole nitrogens is 1. The van der Waals surface area contributed by atoms with Crippen molar-refractivity contribution in [2.45, 2.75) is 0 Å². The first-order valence-corrected chi connectivity index (χ1v) is 5.16. The third kappa shape index (κ3) is 1.57. The lowest BCUT2D eigenvalue weighted by molar-refractivity contribution is -0.110. The van der Waals surface area contributed by atoms with Crippen LogP contribution in [0.1, 0.15) is 11.4 Å². The van der Waals surface area contributed by atoms with Gasteiger partial charge >= 0.3 is 0 Å². The molecule has 0 aliphatic carbocycles. The second-order valence-electron chi connectivity index (χ2n) is 3.79. The van der Waals surface area contributed by atoms with Crippen LogP contribution in [0, 0.1) is 0 Å². The molecule has 2 heterocycles. The highest BCUT2D eigenvalue weighted by molar-refractivity contribution is 6.34. The van der Waals surface area contributed by atoms with E-state index in [0.29, 0.717) is 17.1 Å². The monoisotopic (exact) mass is 226 g/mol. The number of nitrogens with two attached hydrogens (primary N) is 1. The first-order chi connectivity index (χ1) is 8.24. The zero-order valence-electron chi connectivity index (χ0n) is 8.90. The number of hydrogen-bond acceptors (Lipinski definition) is 3. The molecule has 4 N–H and O–H groups in total. The predicted molar refractivity (Wildman–Crippen MR) is 65.9 cm³/mol. The fourth-order valence-corrected chi connectivity index (χ4v) is 1.84. The minimum Gasteiger partial charge on any atom is -0.399 e. The molecule has 3 rings (SSSR count). The molecule has 1 aliphatic rings. The number of carbonyl (C=O) groups excluding carboxylic acids is 1. The number of nitrogen functional groups attached to an aromatic ring is 1. The maximum Gasteiger partial charge on any atom is 0.256 e. The van der Waals surface area contributed by atoms with E-state index in [1.165, 1.54) is 0 Å². The van der Waals surface area contributed by atoms with Gasteiger partial charge in [-0.2, -0.15) is 0 Å². The van der Waals surface area contributed by atoms with Crippen molar-refractivity contribution in [1.82, 2.24) is 9.97 Å². The van der Waals surface area contributed by atoms with Gasteiger partial charge in [0.2, 0.25) is 0 Å². The Kier molecular flexibility index (Phi) is 1.98. The van der Waals surface area contributed by atoms with E-state index in [-0.39, 0.29) is 5.91 Å². The van der Waals surface area contributed by atoms with Crippen LogP contribution in [-0.2, 0) is 4.79 Å². The van der Waals surface area contributed by atoms with Gasteiger partial charge in [0, 0.05) is 29.3 Å². The normalized spacial score (nSPS) is 16.0. The molecule has 1 aliphatic heterocycles. The van der Waals surface area contributed by atoms with Crippen molar-refractivity contribution in [1.29, 1.82) is 0 Å². The lowest BCUT2D eigenvalue weighted by Crippen LogP contribution is -2.03. The molecule has 17 heavy (non-hydrogen) atoms. The van der Waals surface area contributed by atoms with Gasteiger partial charge in [-0.05, 0) is 24.3 Å². The molecule has 0 fully saturated rings. The number of fused-ring (bicyclic) bond motifs is 1. The number of carbonyl (C=O) groups is 1. The number of rotatable bonds is 1. The maximum absolute atomic E-state index is 11.8. The lowest BCUT2D eigenvalue weighted by Gasteiger charge is -1.99. The second kappa shape index (κ2) is 3.48. The molecular weight excluding hydrogens is 216 g/mol. The summed E-state index contributed by atoms with van der Waals surface area (Å²) >= 11 is 0. The molecule has 0 atom stereocenters. The number of aromatic nitrogens is 2. The van der Waals surface area contributed by atoms with Crippen molar-refractivity contribution in [3.05, 3.63) is 42.0 Å². The number of nitrogens with one attached hydrogen (secondary N) is 2. The van der Waals surface area contributed by atoms with Gasteiger partial charge in [-0.15, -0.1) is 0 Å². The van der Waals surface area contributed by atoms with Gasteiger partial charge in [-0.3, -0.25) is 4.79 Å². The van der Waals surface area contributed by atoms with Crippen LogP contribution in [-0.4, -0.2) is 15.9 Å². The van der Waals surface area contributed by atoms with E-state index in [2.05, 4.69) is 15.3 Å². The van der Waals surface area contributed by atoms with Crippen LogP contribution in [0.4, 0.5) is 11.4 Å². The van der Waals surface area contributed by atoms with E-state index in [4.69, 9.17) is 5.73 Å². The Morgan fingerprint density at radius 3 is 3.00 bits per heavy atom. The zero-order chi connectivity index (χ0) is 11.8. The van der Waals surface area contributed by atoms with Gasteiger partial charge in [0.25, 0.3) is 5.91 Å². The summed E-state index contributed by atoms with van der Waals surface area (Å²) in [6.45, 7) is 0. The van der Waals surface area contributed by atoms with Gasteiger partial charge in [0.1, 0.15) is 5.82 Å². The highest BCUT2D eigenvalue weighted by Gasteiger charge is 2.24. The molecule has 5 heteroatoms. The highest BCUT2D eigenvalue weighted by atomic mass is 16.2. The van der Waals surface area contributed by atoms with Crippen LogP contribution in [0.15, 0.2) is 30.6 Å². The average molecular weight is 226 g/mol. The Hall–Kier alpha value is -2.56. The van der Waals surface area contributed by atoms with Crippen LogP contribution in [0.5, 0.6) is 0 Å². The third-order valence-electron chi connectivity index (χ3n) is 2.63. The number of anilines is 2. The Bertz CT molecular complexity index is 613. The van der Waals surface area contributed by atoms with Crippen molar-refractivity contribution in [2.24, 2.45) is 0 Å². The standard InChI is InChI=1S/C12H10N4O/c13-7-1-2-10-8(5-7)9(12(17)16-10)6-11-14-3-4-15-11/h1-6H,13H2,(H,14,15)(H,16,17)/b9-6-. The molecule has 2 aromatic rings. The molecule has 0 unspecified atom stereocenters. The summed E-state index contributed by atoms with van der Waals surface area (Å²) in [7, 11) is 0. The molecular formula is C12H10N4O. The zero-order valence-corrected chi connectivity index (χ0v) is 8.90. The predicted octanol–water partition coefficient (Wildman–Crippen LogP) is 1.48. The van der Waals surface area contributed by atoms with Crippen molar-refractivity contribution < 1.29 is 4.79 Å². The summed E-state index contributed by atoms with van der Waals surface area (Å²) < 4.78 is 0. The second-order valence-corrected chi connectivity index (χ2v) is 3.79. The summed E-state index contributed by atoms with van der Waals surface area (Å²) in [6, 6.07) is 5.34. The van der Waals surface area contributed by atoms with Crippen LogP contribution in [0.3, 0.4) is 0 Å². The van der Waals surface area contributed by atoms with Crippen LogP contribution < -0.4 is 11.1 Å². The molecule has 0 saturated heterocycles. The van der Waals surface area contributed by atoms with E-state index < -0.39 is 0 Å². The summed E-state index contributed by atoms with van der Waals surface area (Å²) in [5.41, 5.74) is 8.51. The fraction of sp³-hybridized carbons (Fsp3) is 0. The minimum absolute atomic E-state index is 0.137. The molecule has 0 spiro atoms. The summed E-state index contributed by atoms with van der Waals surface area (Å²) in [5, 5.41) is 2.78. The number of aromatic amines is 1. The molecule has 1 aromatic heterocycles. The first-order valence-electron chi connectivity index (χ1n) is 5.16. The SMILES string of the molecule is Nc1ccc2c(c1)/C(=C/c1ncc[nH]1)C(=O)N2. The fourth-order valence-electron chi connectivity index (χ4n) is 1.84. The Labute approximate surface area is 97.4 Å². The van der Waals surface area contributed by atoms with Crippen LogP contribution in [0.25, 0.3) is 11.6 Å². The minimum atomic E-state index is -0.137. The quantitative estimate of drug-likeness (QED) is 0.508.